The van der Waals surface area contributed by atoms with Crippen molar-refractivity contribution in [1.29, 1.82) is 0 Å². The van der Waals surface area contributed by atoms with E-state index in [0.717, 1.165) is 18.8 Å². The van der Waals surface area contributed by atoms with Crippen LogP contribution >= 0.6 is 0 Å². The first kappa shape index (κ1) is 14.1. The number of hydrogen-bond donors (Lipinski definition) is 1. The maximum Gasteiger partial charge on any atom is 0.228 e. The summed E-state index contributed by atoms with van der Waals surface area (Å²) in [6.45, 7) is 10.2. The first-order chi connectivity index (χ1) is 8.92. The van der Waals surface area contributed by atoms with Crippen LogP contribution in [0, 0.1) is 0 Å². The van der Waals surface area contributed by atoms with Gasteiger partial charge in [-0.15, -0.1) is 0 Å². The number of hydrogen-bond acceptors (Lipinski definition) is 2. The molecule has 0 aliphatic carbocycles. The second-order valence-corrected chi connectivity index (χ2v) is 6.21. The second kappa shape index (κ2) is 5.33. The Hall–Kier alpha value is -1.35. The van der Waals surface area contributed by atoms with E-state index >= 15 is 0 Å². The van der Waals surface area contributed by atoms with E-state index in [1.165, 1.54) is 5.56 Å². The molecular weight excluding hydrogens is 236 g/mol. The van der Waals surface area contributed by atoms with Gasteiger partial charge >= 0.3 is 0 Å². The van der Waals surface area contributed by atoms with Crippen LogP contribution in [0.1, 0.15) is 45.6 Å². The van der Waals surface area contributed by atoms with Gasteiger partial charge in [0.15, 0.2) is 0 Å². The molecule has 3 heteroatoms. The topological polar surface area (TPSA) is 32.3 Å². The molecule has 19 heavy (non-hydrogen) atoms. The molecule has 0 bridgehead atoms. The Bertz CT molecular complexity index is 448. The minimum Gasteiger partial charge on any atom is -0.314 e. The lowest BCUT2D eigenvalue weighted by Crippen LogP contribution is -2.51. The van der Waals surface area contributed by atoms with Crippen LogP contribution in [-0.4, -0.2) is 24.5 Å². The van der Waals surface area contributed by atoms with Crippen molar-refractivity contribution in [2.45, 2.75) is 45.6 Å². The number of nitrogens with zero attached hydrogens (tertiary/aromatic N) is 1. The molecule has 1 N–H and O–H groups in total. The van der Waals surface area contributed by atoms with E-state index in [1.54, 1.807) is 0 Å². The first-order valence-electron chi connectivity index (χ1n) is 7.05. The molecule has 1 aromatic carbocycles. The van der Waals surface area contributed by atoms with Gasteiger partial charge in [0.05, 0.1) is 5.54 Å². The minimum absolute atomic E-state index is 0.188. The largest absolute Gasteiger partial charge is 0.314 e. The van der Waals surface area contributed by atoms with Crippen LogP contribution in [0.5, 0.6) is 0 Å². The molecule has 1 aliphatic rings. The average molecular weight is 260 g/mol. The third-order valence-electron chi connectivity index (χ3n) is 3.75. The highest BCUT2D eigenvalue weighted by Gasteiger charge is 2.33. The molecule has 0 spiro atoms. The molecule has 1 heterocycles. The van der Waals surface area contributed by atoms with Crippen molar-refractivity contribution in [3.8, 4) is 0 Å². The van der Waals surface area contributed by atoms with Crippen molar-refractivity contribution in [3.05, 3.63) is 29.8 Å². The van der Waals surface area contributed by atoms with E-state index in [2.05, 4.69) is 57.3 Å². The predicted molar refractivity (Wildman–Crippen MR) is 79.6 cm³/mol. The van der Waals surface area contributed by atoms with Gasteiger partial charge in [0.2, 0.25) is 5.91 Å². The van der Waals surface area contributed by atoms with Gasteiger partial charge in [0.25, 0.3) is 0 Å². The summed E-state index contributed by atoms with van der Waals surface area (Å²) in [6.07, 6.45) is 0.565. The summed E-state index contributed by atoms with van der Waals surface area (Å²) in [7, 11) is 0. The number of nitrogens with one attached hydrogen (secondary N) is 1. The number of carbonyl (C=O) groups is 1. The lowest BCUT2D eigenvalue weighted by molar-refractivity contribution is -0.119. The molecule has 0 radical (unpaired) electrons. The summed E-state index contributed by atoms with van der Waals surface area (Å²) in [6, 6.07) is 8.39. The second-order valence-electron chi connectivity index (χ2n) is 6.21. The zero-order chi connectivity index (χ0) is 14.0. The number of benzene rings is 1. The molecule has 1 aliphatic heterocycles. The fourth-order valence-electron chi connectivity index (χ4n) is 2.62. The van der Waals surface area contributed by atoms with Gasteiger partial charge in [-0.25, -0.2) is 0 Å². The van der Waals surface area contributed by atoms with Crippen molar-refractivity contribution in [3.63, 3.8) is 0 Å². The SMILES string of the molecule is CC(C)c1ccc(N2C(=O)CCNCC2(C)C)cc1. The normalized spacial score (nSPS) is 19.6. The van der Waals surface area contributed by atoms with Crippen LogP contribution in [-0.2, 0) is 4.79 Å². The zero-order valence-electron chi connectivity index (χ0n) is 12.4. The Morgan fingerprint density at radius 2 is 1.84 bits per heavy atom. The Morgan fingerprint density at radius 3 is 2.42 bits per heavy atom. The molecule has 1 aromatic rings. The number of anilines is 1. The van der Waals surface area contributed by atoms with Gasteiger partial charge in [0, 0.05) is 25.2 Å². The third-order valence-corrected chi connectivity index (χ3v) is 3.75. The van der Waals surface area contributed by atoms with Crippen LogP contribution in [0.4, 0.5) is 5.69 Å². The van der Waals surface area contributed by atoms with Crippen LogP contribution < -0.4 is 10.2 Å². The standard InChI is InChI=1S/C16H24N2O/c1-12(2)13-5-7-14(8-6-13)18-15(19)9-10-17-11-16(18,3)4/h5-8,12,17H,9-11H2,1-4H3. The summed E-state index contributed by atoms with van der Waals surface area (Å²) in [4.78, 5) is 14.3. The van der Waals surface area contributed by atoms with Gasteiger partial charge in [-0.3, -0.25) is 4.79 Å². The van der Waals surface area contributed by atoms with Crippen LogP contribution in [0.25, 0.3) is 0 Å². The molecular formula is C16H24N2O. The molecule has 1 fully saturated rings. The molecule has 0 saturated carbocycles. The van der Waals surface area contributed by atoms with E-state index in [0.29, 0.717) is 12.3 Å². The Labute approximate surface area is 116 Å². The van der Waals surface area contributed by atoms with E-state index in [-0.39, 0.29) is 11.4 Å². The molecule has 0 aromatic heterocycles. The highest BCUT2D eigenvalue weighted by atomic mass is 16.2. The third kappa shape index (κ3) is 2.98. The average Bonchev–Trinajstić information content (AvgIpc) is 2.47. The Morgan fingerprint density at radius 1 is 1.21 bits per heavy atom. The van der Waals surface area contributed by atoms with Crippen LogP contribution in [0.15, 0.2) is 24.3 Å². The van der Waals surface area contributed by atoms with Crippen molar-refractivity contribution >= 4 is 11.6 Å². The minimum atomic E-state index is -0.188. The van der Waals surface area contributed by atoms with Crippen molar-refractivity contribution in [2.24, 2.45) is 0 Å². The highest BCUT2D eigenvalue weighted by molar-refractivity contribution is 5.95. The maximum atomic E-state index is 12.3. The quantitative estimate of drug-likeness (QED) is 0.886. The highest BCUT2D eigenvalue weighted by Crippen LogP contribution is 2.27. The Kier molecular flexibility index (Phi) is 3.95. The van der Waals surface area contributed by atoms with Crippen molar-refractivity contribution in [1.82, 2.24) is 5.32 Å². The molecule has 3 nitrogen and oxygen atoms in total. The monoisotopic (exact) mass is 260 g/mol. The Balaban J connectivity index is 2.33. The predicted octanol–water partition coefficient (Wildman–Crippen LogP) is 2.91. The van der Waals surface area contributed by atoms with Crippen molar-refractivity contribution in [2.75, 3.05) is 18.0 Å². The van der Waals surface area contributed by atoms with Gasteiger partial charge in [-0.05, 0) is 37.5 Å². The van der Waals surface area contributed by atoms with E-state index < -0.39 is 0 Å². The summed E-state index contributed by atoms with van der Waals surface area (Å²) in [5.74, 6) is 0.718. The van der Waals surface area contributed by atoms with Crippen LogP contribution in [0.3, 0.4) is 0 Å². The number of amides is 1. The van der Waals surface area contributed by atoms with E-state index in [4.69, 9.17) is 0 Å². The lowest BCUT2D eigenvalue weighted by atomic mass is 9.99. The van der Waals surface area contributed by atoms with E-state index in [1.807, 2.05) is 4.90 Å². The molecule has 104 valence electrons. The smallest absolute Gasteiger partial charge is 0.228 e. The van der Waals surface area contributed by atoms with Crippen molar-refractivity contribution < 1.29 is 4.79 Å². The zero-order valence-corrected chi connectivity index (χ0v) is 12.4. The maximum absolute atomic E-state index is 12.3. The lowest BCUT2D eigenvalue weighted by Gasteiger charge is -2.37. The summed E-state index contributed by atoms with van der Waals surface area (Å²) in [5, 5.41) is 3.33. The summed E-state index contributed by atoms with van der Waals surface area (Å²) >= 11 is 0. The van der Waals surface area contributed by atoms with E-state index in [9.17, 15) is 4.79 Å². The summed E-state index contributed by atoms with van der Waals surface area (Å²) in [5.41, 5.74) is 2.12. The number of carbonyl (C=O) groups excluding carboxylic acids is 1. The van der Waals surface area contributed by atoms with Gasteiger partial charge in [0.1, 0.15) is 0 Å². The molecule has 2 rings (SSSR count). The molecule has 1 saturated heterocycles. The van der Waals surface area contributed by atoms with Gasteiger partial charge < -0.3 is 10.2 Å². The molecule has 0 unspecified atom stereocenters. The van der Waals surface area contributed by atoms with Crippen LogP contribution in [0.2, 0.25) is 0 Å². The molecule has 0 atom stereocenters. The fraction of sp³-hybridized carbons (Fsp3) is 0.562. The van der Waals surface area contributed by atoms with Gasteiger partial charge in [-0.1, -0.05) is 26.0 Å². The fourth-order valence-corrected chi connectivity index (χ4v) is 2.62. The molecule has 1 amide bonds. The first-order valence-corrected chi connectivity index (χ1v) is 7.05. The number of rotatable bonds is 2. The summed E-state index contributed by atoms with van der Waals surface area (Å²) < 4.78 is 0. The van der Waals surface area contributed by atoms with Gasteiger partial charge in [-0.2, -0.15) is 0 Å².